The molecule has 3 aliphatic carbocycles. The van der Waals surface area contributed by atoms with E-state index in [1.165, 1.54) is 52.4 Å². The number of aromatic hydroxyl groups is 1. The quantitative estimate of drug-likeness (QED) is 0.00844. The molecule has 24 nitrogen and oxygen atoms in total. The number of phenols is 1. The van der Waals surface area contributed by atoms with Crippen LogP contribution in [0.15, 0.2) is 109 Å². The first-order valence-electron chi connectivity index (χ1n) is 36.6. The molecule has 588 valence electrons. The first kappa shape index (κ1) is 85.3. The number of benzene rings is 4. The minimum atomic E-state index is -2.04. The Labute approximate surface area is 625 Å². The van der Waals surface area contributed by atoms with E-state index in [1.807, 2.05) is 67.4 Å². The molecule has 4 aromatic carbocycles. The van der Waals surface area contributed by atoms with Crippen molar-refractivity contribution in [2.24, 2.45) is 29.1 Å². The minimum Gasteiger partial charge on any atom is -0.508 e. The van der Waals surface area contributed by atoms with Gasteiger partial charge in [0.05, 0.1) is 76.3 Å². The molecule has 13 unspecified atom stereocenters. The maximum absolute atomic E-state index is 14.1. The van der Waals surface area contributed by atoms with Crippen LogP contribution in [0.2, 0.25) is 0 Å². The second-order valence-corrected chi connectivity index (χ2v) is 29.2. The lowest BCUT2D eigenvalue weighted by molar-refractivity contribution is -0.397. The molecule has 20 atom stereocenters. The van der Waals surface area contributed by atoms with Crippen LogP contribution >= 0.6 is 0 Å². The van der Waals surface area contributed by atoms with Gasteiger partial charge in [-0.25, -0.2) is 32.2 Å². The number of ether oxygens (including phenoxy) is 3. The number of piperidine rings is 1. The number of esters is 1. The lowest BCUT2D eigenvalue weighted by Gasteiger charge is -2.49. The zero-order chi connectivity index (χ0) is 79.0. The van der Waals surface area contributed by atoms with Crippen LogP contribution in [-0.2, 0) is 41.6 Å². The van der Waals surface area contributed by atoms with Gasteiger partial charge in [-0.15, -0.1) is 0 Å². The molecule has 0 spiro atoms. The molecule has 4 saturated heterocycles. The number of phenolic OH excluding ortho intramolecular Hbond substituents is 1. The number of alkyl halides is 5. The number of aliphatic hydroxyl groups is 7. The van der Waals surface area contributed by atoms with Crippen molar-refractivity contribution >= 4 is 45.8 Å². The number of nitriles is 1. The number of aliphatic hydroxyl groups excluding tert-OH is 7. The molecule has 9 N–H and O–H groups in total. The molecule has 8 aliphatic rings. The molecule has 2 saturated carbocycles. The number of rotatable bonds is 16. The highest BCUT2D eigenvalue weighted by molar-refractivity contribution is 6.08. The third-order valence-corrected chi connectivity index (χ3v) is 22.6. The minimum absolute atomic E-state index is 0.0568. The Kier molecular flexibility index (Phi) is 30.7. The molecule has 6 fully saturated rings. The Hall–Kier alpha value is -8.33. The molecule has 0 radical (unpaired) electrons. The molecule has 5 aliphatic heterocycles. The van der Waals surface area contributed by atoms with Crippen LogP contribution in [0.3, 0.4) is 0 Å². The summed E-state index contributed by atoms with van der Waals surface area (Å²) in [5.41, 5.74) is 7.86. The van der Waals surface area contributed by atoms with Gasteiger partial charge in [0.15, 0.2) is 12.5 Å². The van der Waals surface area contributed by atoms with Crippen LogP contribution in [0, 0.1) is 64.0 Å². The Morgan fingerprint density at radius 3 is 2.26 bits per heavy atom. The number of halogens is 5. The van der Waals surface area contributed by atoms with Crippen molar-refractivity contribution in [1.82, 2.24) is 19.8 Å². The zero-order valence-corrected chi connectivity index (χ0v) is 61.8. The van der Waals surface area contributed by atoms with Gasteiger partial charge < -0.3 is 70.1 Å². The van der Waals surface area contributed by atoms with Crippen molar-refractivity contribution in [2.75, 3.05) is 58.7 Å². The summed E-state index contributed by atoms with van der Waals surface area (Å²) < 4.78 is 81.4. The fourth-order valence-corrected chi connectivity index (χ4v) is 16.5. The Morgan fingerprint density at radius 2 is 1.62 bits per heavy atom. The number of imidazole rings is 1. The molecule has 6 heterocycles. The van der Waals surface area contributed by atoms with Gasteiger partial charge in [0.2, 0.25) is 5.91 Å². The van der Waals surface area contributed by atoms with E-state index in [-0.39, 0.29) is 67.2 Å². The van der Waals surface area contributed by atoms with Gasteiger partial charge in [0.1, 0.15) is 61.6 Å². The van der Waals surface area contributed by atoms with E-state index in [9.17, 15) is 61.8 Å². The number of aromatic nitrogens is 2. The average Bonchev–Trinajstić information content (AvgIpc) is 1.54. The van der Waals surface area contributed by atoms with E-state index >= 15 is 0 Å². The second-order valence-electron chi connectivity index (χ2n) is 29.2. The molecule has 2 bridgehead atoms. The van der Waals surface area contributed by atoms with E-state index in [2.05, 4.69) is 69.0 Å². The topological polar surface area (TPSA) is 348 Å². The zero-order valence-electron chi connectivity index (χ0n) is 61.8. The van der Waals surface area contributed by atoms with Crippen LogP contribution in [0.5, 0.6) is 5.75 Å². The lowest BCUT2D eigenvalue weighted by Crippen LogP contribution is -2.56. The summed E-state index contributed by atoms with van der Waals surface area (Å²) in [6.07, 6.45) is -0.312. The van der Waals surface area contributed by atoms with E-state index in [1.54, 1.807) is 19.9 Å². The van der Waals surface area contributed by atoms with Crippen molar-refractivity contribution < 1.29 is 96.3 Å². The van der Waals surface area contributed by atoms with E-state index in [4.69, 9.17) is 46.8 Å². The SMILES string of the molecule is CC1=CC([C@H]2C[C@@H]([18F])[C@@H](CO)O2)C(=O)NC1=O.CCC(O)Cn1ccnc1[N+](=O)[O-].COC(=O)[C@H]1C(c2ccc(C)cc2)CC2CCC1N2CCC[18F].C[C@]12CCC3c4ccc(O)cc4CCC3C1C[C@@H]([18F])[C@@H]2O.OCC1OC(O)C([18F])C(O)C1O.[C-]#[N+]/C(C#N)=C(/C)c1ccc2cc(N(C)CC[18F])ccc2c1. The van der Waals surface area contributed by atoms with E-state index in [0.29, 0.717) is 66.5 Å². The third kappa shape index (κ3) is 20.0. The van der Waals surface area contributed by atoms with Gasteiger partial charge in [-0.2, -0.15) is 0 Å². The number of methoxy groups -OCH3 is 1. The normalized spacial score (nSPS) is 30.5. The summed E-state index contributed by atoms with van der Waals surface area (Å²) >= 11 is 0. The summed E-state index contributed by atoms with van der Waals surface area (Å²) in [5, 5.41) is 97.0. The molecular formula is C79H101F5N8O16. The van der Waals surface area contributed by atoms with E-state index in [0.717, 1.165) is 73.5 Å². The van der Waals surface area contributed by atoms with Crippen molar-refractivity contribution in [3.05, 3.63) is 158 Å². The first-order valence-corrected chi connectivity index (χ1v) is 36.6. The lowest BCUT2D eigenvalue weighted by atomic mass is 9.55. The molecule has 1 aromatic heterocycles. The number of carbonyl (C=O) groups excluding carboxylic acids is 3. The number of imide groups is 1. The average molecular weight is 1510 g/mol. The molecular weight excluding hydrogens is 1410 g/mol. The number of aryl methyl sites for hydroxylation is 2. The van der Waals surface area contributed by atoms with Gasteiger partial charge in [-0.05, 0) is 182 Å². The summed E-state index contributed by atoms with van der Waals surface area (Å²) in [7, 11) is 3.33. The highest BCUT2D eigenvalue weighted by Crippen LogP contribution is 2.61. The predicted molar refractivity (Wildman–Crippen MR) is 391 cm³/mol. The van der Waals surface area contributed by atoms with Crippen molar-refractivity contribution in [2.45, 2.75) is 203 Å². The van der Waals surface area contributed by atoms with Gasteiger partial charge in [0, 0.05) is 55.8 Å². The highest BCUT2D eigenvalue weighted by Gasteiger charge is 2.59. The third-order valence-electron chi connectivity index (χ3n) is 22.6. The number of carbonyl (C=O) groups is 3. The number of fused-ring (bicyclic) bond motifs is 8. The van der Waals surface area contributed by atoms with Gasteiger partial charge in [0.25, 0.3) is 11.6 Å². The number of hydrogen-bond acceptors (Lipinski definition) is 20. The van der Waals surface area contributed by atoms with Crippen molar-refractivity contribution in [3.63, 3.8) is 0 Å². The van der Waals surface area contributed by atoms with Crippen LogP contribution in [-0.4, -0.2) is 211 Å². The number of amides is 2. The monoisotopic (exact) mass is 1510 g/mol. The number of anilines is 1. The summed E-state index contributed by atoms with van der Waals surface area (Å²) in [6.45, 7) is 16.0. The van der Waals surface area contributed by atoms with Crippen LogP contribution in [0.4, 0.5) is 33.6 Å². The van der Waals surface area contributed by atoms with Crippen molar-refractivity contribution in [1.29, 1.82) is 5.26 Å². The number of hydrogen-bond donors (Lipinski definition) is 9. The molecule has 2 amide bonds. The van der Waals surface area contributed by atoms with E-state index < -0.39 is 103 Å². The number of nitrogens with one attached hydrogen (secondary N) is 1. The number of allylic oxidation sites excluding steroid dienone is 2. The van der Waals surface area contributed by atoms with Crippen LogP contribution < -0.4 is 10.2 Å². The Bertz CT molecular complexity index is 4010. The smallest absolute Gasteiger partial charge is 0.434 e. The Balaban J connectivity index is 0.000000166. The maximum Gasteiger partial charge on any atom is 0.434 e. The molecule has 5 aromatic rings. The molecule has 29 heteroatoms. The van der Waals surface area contributed by atoms with Gasteiger partial charge in [-0.1, -0.05) is 79.0 Å². The largest absolute Gasteiger partial charge is 0.508 e. The predicted octanol–water partition coefficient (Wildman–Crippen LogP) is 9.45. The van der Waals surface area contributed by atoms with Crippen LogP contribution in [0.25, 0.3) is 21.2 Å². The molecule has 13 rings (SSSR count). The first-order chi connectivity index (χ1) is 51.5. The second kappa shape index (κ2) is 38.8. The summed E-state index contributed by atoms with van der Waals surface area (Å²) in [6, 6.07) is 28.6. The fourth-order valence-electron chi connectivity index (χ4n) is 16.5. The van der Waals surface area contributed by atoms with Crippen LogP contribution in [0.1, 0.15) is 132 Å². The fraction of sp³-hybridized carbons (Fsp3) is 0.570. The number of nitrogens with zero attached hydrogens (tertiary/aromatic N) is 7. The van der Waals surface area contributed by atoms with Crippen molar-refractivity contribution in [3.8, 4) is 11.8 Å². The van der Waals surface area contributed by atoms with Gasteiger partial charge in [-0.3, -0.25) is 29.0 Å². The highest BCUT2D eigenvalue weighted by atomic mass is 18.2. The summed E-state index contributed by atoms with van der Waals surface area (Å²) in [4.78, 5) is 56.2. The van der Waals surface area contributed by atoms with Gasteiger partial charge >= 0.3 is 11.9 Å². The maximum atomic E-state index is 14.1. The Morgan fingerprint density at radius 1 is 0.917 bits per heavy atom. The summed E-state index contributed by atoms with van der Waals surface area (Å²) in [5.74, 6) is -0.252. The number of nitro groups is 1. The molecule has 108 heavy (non-hydrogen) atoms. The standard InChI is InChI=1S/C19H26FNO2.C18H16FN3.C18H23FO2.C11H14FNO4.C7H11N3O3.C6H11FO5/c1-13-4-6-14(7-5-13)16-12-15-8-9-17(18(16)19(22)23-2)21(15)11-3-10-20;1-13(18(12-20)21-2)14-4-5-16-11-17(22(3)9-8-19)7-6-15(16)10-14;1-18-7-6-13-12-5-3-11(20)8-10(12)2-4-14(13)15(18)9-16(19)17(18)21;1-5-2-6(11(16)13-10(5)15)8-3-7(12)9(4-14)17-8;1-2-6(11)5-9-4-3-8-7(9)10(12)13;7-3-5(10)4(9)2(1-8)12-6(3)11/h4-7,15-18H,3,8-12H2,1-2H3;4-7,10-11H,8-9H2,1,3H3;3,5,8,13-17,20-21H,2,4,6-7,9H2,1H3;2,6-9,14H,3-4H2,1H3,(H,13,15,16);3-4,6,11H,2,5H2,1H3;2-6,8-11H,1H2/b;18-13-;;;;/t15?,16?,17?,18-;;13?,14?,15?,16-,17+,18+;6?,7-,8-,9-;;/m0.11../s1/i20-1;2*19-1;12-1;;7-1.